The number of nitrogens with one attached hydrogen (secondary N) is 1. The zero-order valence-corrected chi connectivity index (χ0v) is 17.4. The van der Waals surface area contributed by atoms with E-state index in [0.29, 0.717) is 23.1 Å². The summed E-state index contributed by atoms with van der Waals surface area (Å²) in [5.74, 6) is 0.701. The van der Waals surface area contributed by atoms with Crippen molar-refractivity contribution in [1.82, 2.24) is 10.2 Å². The SMILES string of the molecule is CNC(=O)C(C)N(Cc1ccc(C)cc1)C(=O)CSCc1ccccc1Cl. The van der Waals surface area contributed by atoms with Gasteiger partial charge in [-0.2, -0.15) is 0 Å². The van der Waals surface area contributed by atoms with Crippen LogP contribution in [0.2, 0.25) is 5.02 Å². The van der Waals surface area contributed by atoms with Gasteiger partial charge in [-0.3, -0.25) is 9.59 Å². The largest absolute Gasteiger partial charge is 0.357 e. The van der Waals surface area contributed by atoms with E-state index in [4.69, 9.17) is 11.6 Å². The molecule has 0 spiro atoms. The molecule has 1 N–H and O–H groups in total. The molecule has 0 radical (unpaired) electrons. The first kappa shape index (κ1) is 21.3. The fraction of sp³-hybridized carbons (Fsp3) is 0.333. The summed E-state index contributed by atoms with van der Waals surface area (Å²) in [7, 11) is 1.58. The average Bonchev–Trinajstić information content (AvgIpc) is 2.67. The highest BCUT2D eigenvalue weighted by molar-refractivity contribution is 7.99. The summed E-state index contributed by atoms with van der Waals surface area (Å²) in [4.78, 5) is 26.6. The molecule has 0 aliphatic heterocycles. The zero-order valence-electron chi connectivity index (χ0n) is 15.9. The molecule has 2 aromatic rings. The summed E-state index contributed by atoms with van der Waals surface area (Å²) < 4.78 is 0. The predicted molar refractivity (Wildman–Crippen MR) is 113 cm³/mol. The maximum atomic E-state index is 12.8. The molecule has 144 valence electrons. The van der Waals surface area contributed by atoms with E-state index in [1.807, 2.05) is 55.5 Å². The molecule has 0 saturated carbocycles. The first-order valence-electron chi connectivity index (χ1n) is 8.80. The molecular weight excluding hydrogens is 380 g/mol. The summed E-state index contributed by atoms with van der Waals surface area (Å²) in [6.45, 7) is 4.18. The van der Waals surface area contributed by atoms with Crippen molar-refractivity contribution in [3.8, 4) is 0 Å². The van der Waals surface area contributed by atoms with Crippen LogP contribution < -0.4 is 5.32 Å². The molecule has 0 aliphatic rings. The third-order valence-corrected chi connectivity index (χ3v) is 5.66. The lowest BCUT2D eigenvalue weighted by Crippen LogP contribution is -2.47. The van der Waals surface area contributed by atoms with Crippen molar-refractivity contribution in [3.63, 3.8) is 0 Å². The average molecular weight is 405 g/mol. The minimum atomic E-state index is -0.537. The summed E-state index contributed by atoms with van der Waals surface area (Å²) in [6, 6.07) is 15.1. The molecule has 0 heterocycles. The molecule has 2 aromatic carbocycles. The van der Waals surface area contributed by atoms with E-state index in [9.17, 15) is 9.59 Å². The van der Waals surface area contributed by atoms with Gasteiger partial charge < -0.3 is 10.2 Å². The molecule has 1 unspecified atom stereocenters. The van der Waals surface area contributed by atoms with Crippen molar-refractivity contribution in [2.75, 3.05) is 12.8 Å². The summed E-state index contributed by atoms with van der Waals surface area (Å²) in [6.07, 6.45) is 0. The van der Waals surface area contributed by atoms with Crippen molar-refractivity contribution in [2.24, 2.45) is 0 Å². The quantitative estimate of drug-likeness (QED) is 0.722. The van der Waals surface area contributed by atoms with E-state index in [2.05, 4.69) is 5.32 Å². The minimum absolute atomic E-state index is 0.0660. The molecule has 4 nitrogen and oxygen atoms in total. The van der Waals surface area contributed by atoms with Crippen LogP contribution >= 0.6 is 23.4 Å². The van der Waals surface area contributed by atoms with E-state index >= 15 is 0 Å². The van der Waals surface area contributed by atoms with E-state index < -0.39 is 6.04 Å². The fourth-order valence-electron chi connectivity index (χ4n) is 2.63. The van der Waals surface area contributed by atoms with Crippen molar-refractivity contribution >= 4 is 35.2 Å². The maximum Gasteiger partial charge on any atom is 0.242 e. The minimum Gasteiger partial charge on any atom is -0.357 e. The molecule has 0 saturated heterocycles. The Bertz CT molecular complexity index is 780. The Labute approximate surface area is 170 Å². The van der Waals surface area contributed by atoms with Gasteiger partial charge in [-0.1, -0.05) is 59.6 Å². The second kappa shape index (κ2) is 10.4. The molecule has 2 rings (SSSR count). The number of carbonyl (C=O) groups excluding carboxylic acids is 2. The number of thioether (sulfide) groups is 1. The molecule has 27 heavy (non-hydrogen) atoms. The van der Waals surface area contributed by atoms with Gasteiger partial charge in [0.1, 0.15) is 6.04 Å². The number of carbonyl (C=O) groups is 2. The summed E-state index contributed by atoms with van der Waals surface area (Å²) in [5, 5.41) is 3.33. The van der Waals surface area contributed by atoms with Gasteiger partial charge in [0.05, 0.1) is 5.75 Å². The lowest BCUT2D eigenvalue weighted by Gasteiger charge is -2.28. The first-order chi connectivity index (χ1) is 12.9. The predicted octanol–water partition coefficient (Wildman–Crippen LogP) is 4.04. The molecule has 0 aromatic heterocycles. The van der Waals surface area contributed by atoms with Gasteiger partial charge in [0, 0.05) is 24.4 Å². The van der Waals surface area contributed by atoms with Gasteiger partial charge in [0.2, 0.25) is 11.8 Å². The van der Waals surface area contributed by atoms with E-state index in [1.165, 1.54) is 11.8 Å². The Hall–Kier alpha value is -1.98. The molecule has 2 amide bonds. The monoisotopic (exact) mass is 404 g/mol. The third-order valence-electron chi connectivity index (χ3n) is 4.33. The van der Waals surface area contributed by atoms with Crippen LogP contribution in [0, 0.1) is 6.92 Å². The Balaban J connectivity index is 2.04. The smallest absolute Gasteiger partial charge is 0.242 e. The number of rotatable bonds is 8. The van der Waals surface area contributed by atoms with E-state index in [1.54, 1.807) is 18.9 Å². The number of aryl methyl sites for hydroxylation is 1. The van der Waals surface area contributed by atoms with Gasteiger partial charge in [-0.05, 0) is 31.0 Å². The van der Waals surface area contributed by atoms with Gasteiger partial charge >= 0.3 is 0 Å². The van der Waals surface area contributed by atoms with Crippen LogP contribution in [0.1, 0.15) is 23.6 Å². The Morgan fingerprint density at radius 1 is 1.15 bits per heavy atom. The molecule has 0 fully saturated rings. The molecular formula is C21H25ClN2O2S. The number of hydrogen-bond acceptors (Lipinski definition) is 3. The molecule has 0 aliphatic carbocycles. The lowest BCUT2D eigenvalue weighted by molar-refractivity contribution is -0.138. The van der Waals surface area contributed by atoms with Crippen LogP contribution in [0.15, 0.2) is 48.5 Å². The number of halogens is 1. The Morgan fingerprint density at radius 2 is 1.81 bits per heavy atom. The van der Waals surface area contributed by atoms with Gasteiger partial charge in [0.25, 0.3) is 0 Å². The highest BCUT2D eigenvalue weighted by atomic mass is 35.5. The maximum absolute atomic E-state index is 12.8. The highest BCUT2D eigenvalue weighted by Gasteiger charge is 2.25. The van der Waals surface area contributed by atoms with E-state index in [0.717, 1.165) is 16.7 Å². The Kier molecular flexibility index (Phi) is 8.20. The molecule has 1 atom stereocenters. The summed E-state index contributed by atoms with van der Waals surface area (Å²) in [5.41, 5.74) is 3.16. The van der Waals surface area contributed by atoms with Crippen LogP contribution in [-0.4, -0.2) is 35.6 Å². The van der Waals surface area contributed by atoms with Gasteiger partial charge in [-0.25, -0.2) is 0 Å². The number of amides is 2. The molecule has 0 bridgehead atoms. The normalized spacial score (nSPS) is 11.7. The topological polar surface area (TPSA) is 49.4 Å². The van der Waals surface area contributed by atoms with Crippen molar-refractivity contribution in [2.45, 2.75) is 32.2 Å². The second-order valence-corrected chi connectivity index (χ2v) is 7.77. The van der Waals surface area contributed by atoms with Crippen LogP contribution in [0.25, 0.3) is 0 Å². The third kappa shape index (κ3) is 6.29. The lowest BCUT2D eigenvalue weighted by atomic mass is 10.1. The van der Waals surface area contributed by atoms with Crippen LogP contribution in [-0.2, 0) is 21.9 Å². The van der Waals surface area contributed by atoms with Crippen LogP contribution in [0.4, 0.5) is 0 Å². The standard InChI is InChI=1S/C21H25ClN2O2S/c1-15-8-10-17(11-9-15)12-24(16(2)21(26)23-3)20(25)14-27-13-18-6-4-5-7-19(18)22/h4-11,16H,12-14H2,1-3H3,(H,23,26). The van der Waals surface area contributed by atoms with Crippen molar-refractivity contribution in [3.05, 3.63) is 70.2 Å². The second-order valence-electron chi connectivity index (χ2n) is 6.38. The van der Waals surface area contributed by atoms with E-state index in [-0.39, 0.29) is 11.8 Å². The van der Waals surface area contributed by atoms with Gasteiger partial charge in [0.15, 0.2) is 0 Å². The summed E-state index contributed by atoms with van der Waals surface area (Å²) >= 11 is 7.67. The number of benzene rings is 2. The van der Waals surface area contributed by atoms with Crippen LogP contribution in [0.5, 0.6) is 0 Å². The van der Waals surface area contributed by atoms with Gasteiger partial charge in [-0.15, -0.1) is 11.8 Å². The number of likely N-dealkylation sites (N-methyl/N-ethyl adjacent to an activating group) is 1. The number of nitrogens with zero attached hydrogens (tertiary/aromatic N) is 1. The fourth-order valence-corrected chi connectivity index (χ4v) is 3.82. The van der Waals surface area contributed by atoms with Crippen LogP contribution in [0.3, 0.4) is 0 Å². The van der Waals surface area contributed by atoms with Crippen molar-refractivity contribution < 1.29 is 9.59 Å². The zero-order chi connectivity index (χ0) is 19.8. The first-order valence-corrected chi connectivity index (χ1v) is 10.3. The highest BCUT2D eigenvalue weighted by Crippen LogP contribution is 2.21. The van der Waals surface area contributed by atoms with Crippen molar-refractivity contribution in [1.29, 1.82) is 0 Å². The Morgan fingerprint density at radius 3 is 2.44 bits per heavy atom. The molecule has 6 heteroatoms. The number of hydrogen-bond donors (Lipinski definition) is 1.